The van der Waals surface area contributed by atoms with Crippen LogP contribution in [0, 0.1) is 13.8 Å². The molecule has 0 saturated carbocycles. The van der Waals surface area contributed by atoms with E-state index in [-0.39, 0.29) is 24.0 Å². The van der Waals surface area contributed by atoms with E-state index >= 15 is 0 Å². The van der Waals surface area contributed by atoms with E-state index in [2.05, 4.69) is 15.4 Å². The zero-order chi connectivity index (χ0) is 5.28. The van der Waals surface area contributed by atoms with Gasteiger partial charge in [0.25, 0.3) is 0 Å². The van der Waals surface area contributed by atoms with Crippen molar-refractivity contribution in [3.8, 4) is 0 Å². The summed E-state index contributed by atoms with van der Waals surface area (Å²) < 4.78 is 0. The van der Waals surface area contributed by atoms with Gasteiger partial charge < -0.3 is 24.0 Å². The third-order valence-electron chi connectivity index (χ3n) is 1.01. The molecule has 0 amide bonds. The minimum atomic E-state index is 0. The normalized spacial score (nSPS) is 8.25. The van der Waals surface area contributed by atoms with Gasteiger partial charge in [-0.3, -0.25) is 0 Å². The lowest BCUT2D eigenvalue weighted by Gasteiger charge is -1.65. The highest BCUT2D eigenvalue weighted by atomic mass is 127. The standard InChI is InChI=1S/C4H7N3.HI/c1-3-4(2)6-7-5-3;/h1-2H3,(H,5,6,7);1H. The fraction of sp³-hybridized carbons (Fsp3) is 0.500. The molecule has 1 rings (SSSR count). The SMILES string of the molecule is Cc1n[nH][nH+]c1C.[I-]. The summed E-state index contributed by atoms with van der Waals surface area (Å²) in [5.41, 5.74) is 2.13. The summed E-state index contributed by atoms with van der Waals surface area (Å²) in [6, 6.07) is 0. The van der Waals surface area contributed by atoms with Gasteiger partial charge in [-0.15, -0.1) is 0 Å². The fourth-order valence-corrected chi connectivity index (χ4v) is 0.370. The maximum Gasteiger partial charge on any atom is 0.218 e. The van der Waals surface area contributed by atoms with Crippen LogP contribution in [0.15, 0.2) is 0 Å². The van der Waals surface area contributed by atoms with Gasteiger partial charge in [0.05, 0.1) is 0 Å². The molecule has 4 heteroatoms. The maximum atomic E-state index is 3.84. The second kappa shape index (κ2) is 3.01. The molecule has 0 aliphatic carbocycles. The van der Waals surface area contributed by atoms with Crippen molar-refractivity contribution in [2.24, 2.45) is 0 Å². The van der Waals surface area contributed by atoms with Crippen LogP contribution in [-0.2, 0) is 0 Å². The number of hydrogen-bond acceptors (Lipinski definition) is 1. The van der Waals surface area contributed by atoms with Gasteiger partial charge in [0.1, 0.15) is 0 Å². The summed E-state index contributed by atoms with van der Waals surface area (Å²) in [5, 5.41) is 9.29. The van der Waals surface area contributed by atoms with Crippen LogP contribution in [0.25, 0.3) is 0 Å². The third kappa shape index (κ3) is 1.43. The van der Waals surface area contributed by atoms with Gasteiger partial charge in [-0.05, 0) is 0 Å². The highest BCUT2D eigenvalue weighted by Gasteiger charge is 1.99. The maximum absolute atomic E-state index is 3.84. The van der Waals surface area contributed by atoms with Crippen molar-refractivity contribution < 1.29 is 29.1 Å². The molecule has 0 unspecified atom stereocenters. The summed E-state index contributed by atoms with van der Waals surface area (Å²) in [6.45, 7) is 3.92. The Morgan fingerprint density at radius 3 is 2.25 bits per heavy atom. The summed E-state index contributed by atoms with van der Waals surface area (Å²) in [7, 11) is 0. The van der Waals surface area contributed by atoms with Crippen molar-refractivity contribution in [3.05, 3.63) is 11.4 Å². The molecule has 0 fully saturated rings. The van der Waals surface area contributed by atoms with Crippen LogP contribution >= 0.6 is 0 Å². The van der Waals surface area contributed by atoms with E-state index in [0.29, 0.717) is 0 Å². The first-order valence-corrected chi connectivity index (χ1v) is 2.20. The highest BCUT2D eigenvalue weighted by molar-refractivity contribution is 4.95. The van der Waals surface area contributed by atoms with E-state index in [0.717, 1.165) is 11.4 Å². The van der Waals surface area contributed by atoms with Crippen LogP contribution < -0.4 is 29.1 Å². The van der Waals surface area contributed by atoms with Crippen molar-refractivity contribution >= 4 is 0 Å². The molecule has 1 heterocycles. The zero-order valence-corrected chi connectivity index (χ0v) is 6.98. The Kier molecular flexibility index (Phi) is 2.96. The largest absolute Gasteiger partial charge is 1.00 e. The van der Waals surface area contributed by atoms with Crippen LogP contribution in [0.2, 0.25) is 0 Å². The number of aromatic amines is 2. The molecule has 3 nitrogen and oxygen atoms in total. The molecule has 0 aromatic carbocycles. The second-order valence-corrected chi connectivity index (χ2v) is 1.56. The minimum Gasteiger partial charge on any atom is -1.00 e. The highest BCUT2D eigenvalue weighted by Crippen LogP contribution is 1.87. The first-order valence-electron chi connectivity index (χ1n) is 2.20. The van der Waals surface area contributed by atoms with Crippen LogP contribution in [-0.4, -0.2) is 10.3 Å². The Morgan fingerprint density at radius 1 is 1.50 bits per heavy atom. The number of aryl methyl sites for hydroxylation is 2. The predicted molar refractivity (Wildman–Crippen MR) is 24.6 cm³/mol. The van der Waals surface area contributed by atoms with E-state index in [9.17, 15) is 0 Å². The smallest absolute Gasteiger partial charge is 0.218 e. The summed E-state index contributed by atoms with van der Waals surface area (Å²) >= 11 is 0. The molecule has 0 saturated heterocycles. The molecule has 1 aromatic heterocycles. The van der Waals surface area contributed by atoms with Crippen molar-refractivity contribution in [3.63, 3.8) is 0 Å². The van der Waals surface area contributed by atoms with Crippen molar-refractivity contribution in [2.75, 3.05) is 0 Å². The molecule has 0 radical (unpaired) electrons. The first-order chi connectivity index (χ1) is 3.30. The Morgan fingerprint density at radius 2 is 2.12 bits per heavy atom. The summed E-state index contributed by atoms with van der Waals surface area (Å²) in [6.07, 6.45) is 0. The van der Waals surface area contributed by atoms with Crippen molar-refractivity contribution in [1.29, 1.82) is 0 Å². The second-order valence-electron chi connectivity index (χ2n) is 1.56. The molecule has 1 aromatic rings. The molecule has 0 bridgehead atoms. The quantitative estimate of drug-likeness (QED) is 0.465. The molecule has 2 N–H and O–H groups in total. The Hall–Kier alpha value is -0.130. The van der Waals surface area contributed by atoms with E-state index in [4.69, 9.17) is 0 Å². The predicted octanol–water partition coefficient (Wildman–Crippen LogP) is -3.16. The van der Waals surface area contributed by atoms with Crippen molar-refractivity contribution in [1.82, 2.24) is 10.3 Å². The number of rotatable bonds is 0. The third-order valence-corrected chi connectivity index (χ3v) is 1.01. The van der Waals surface area contributed by atoms with E-state index < -0.39 is 0 Å². The number of halogens is 1. The number of aromatic nitrogens is 3. The van der Waals surface area contributed by atoms with Crippen LogP contribution in [0.3, 0.4) is 0 Å². The van der Waals surface area contributed by atoms with Gasteiger partial charge in [0, 0.05) is 18.9 Å². The van der Waals surface area contributed by atoms with Gasteiger partial charge in [0.15, 0.2) is 5.69 Å². The lowest BCUT2D eigenvalue weighted by Crippen LogP contribution is -3.00. The van der Waals surface area contributed by atoms with Gasteiger partial charge in [0.2, 0.25) is 5.69 Å². The fourth-order valence-electron chi connectivity index (χ4n) is 0.370. The van der Waals surface area contributed by atoms with Gasteiger partial charge in [-0.1, -0.05) is 5.21 Å². The average molecular weight is 225 g/mol. The molecular formula is C4H8IN3. The van der Waals surface area contributed by atoms with Crippen molar-refractivity contribution in [2.45, 2.75) is 13.8 Å². The molecular weight excluding hydrogens is 217 g/mol. The molecule has 0 aliphatic rings. The van der Waals surface area contributed by atoms with Crippen LogP contribution in [0.1, 0.15) is 11.4 Å². The lowest BCUT2D eigenvalue weighted by molar-refractivity contribution is -0.462. The Bertz CT molecular complexity index is 144. The molecule has 0 atom stereocenters. The number of hydrogen-bond donors (Lipinski definition) is 1. The average Bonchev–Trinajstić information content (AvgIpc) is 1.91. The van der Waals surface area contributed by atoms with E-state index in [1.807, 2.05) is 13.8 Å². The minimum absolute atomic E-state index is 0. The summed E-state index contributed by atoms with van der Waals surface area (Å²) in [4.78, 5) is 0. The van der Waals surface area contributed by atoms with Crippen LogP contribution in [0.4, 0.5) is 0 Å². The number of H-pyrrole nitrogens is 2. The summed E-state index contributed by atoms with van der Waals surface area (Å²) in [5.74, 6) is 0. The topological polar surface area (TPSA) is 42.8 Å². The molecule has 0 spiro atoms. The molecule has 46 valence electrons. The Balaban J connectivity index is 0.000000490. The molecule has 0 aliphatic heterocycles. The first kappa shape index (κ1) is 7.87. The monoisotopic (exact) mass is 225 g/mol. The molecule has 8 heavy (non-hydrogen) atoms. The number of nitrogens with zero attached hydrogens (tertiary/aromatic N) is 1. The number of nitrogens with one attached hydrogen (secondary N) is 2. The van der Waals surface area contributed by atoms with Gasteiger partial charge in [-0.25, -0.2) is 0 Å². The Labute approximate surface area is 64.9 Å². The van der Waals surface area contributed by atoms with E-state index in [1.54, 1.807) is 0 Å². The lowest BCUT2D eigenvalue weighted by atomic mass is 10.4. The van der Waals surface area contributed by atoms with Crippen LogP contribution in [0.5, 0.6) is 0 Å². The zero-order valence-electron chi connectivity index (χ0n) is 4.83. The van der Waals surface area contributed by atoms with Gasteiger partial charge >= 0.3 is 0 Å². The van der Waals surface area contributed by atoms with E-state index in [1.165, 1.54) is 0 Å². The van der Waals surface area contributed by atoms with Gasteiger partial charge in [-0.2, -0.15) is 5.10 Å².